The number of nitrogens with zero attached hydrogens (tertiary/aromatic N) is 5. The molecule has 0 radical (unpaired) electrons. The predicted octanol–water partition coefficient (Wildman–Crippen LogP) is 1.91. The number of esters is 1. The average molecular weight is 414 g/mol. The van der Waals surface area contributed by atoms with Crippen molar-refractivity contribution >= 4 is 29.0 Å². The van der Waals surface area contributed by atoms with Crippen molar-refractivity contribution in [3.05, 3.63) is 36.4 Å². The summed E-state index contributed by atoms with van der Waals surface area (Å²) in [5.74, 6) is 0.993. The molecule has 3 heterocycles. The molecular weight excluding hydrogens is 387 g/mol. The number of benzene rings is 1. The molecule has 0 amide bonds. The zero-order valence-corrected chi connectivity index (χ0v) is 17.1. The van der Waals surface area contributed by atoms with E-state index in [2.05, 4.69) is 19.8 Å². The molecule has 0 spiro atoms. The van der Waals surface area contributed by atoms with Crippen LogP contribution in [0.3, 0.4) is 0 Å². The first-order chi connectivity index (χ1) is 14.6. The lowest BCUT2D eigenvalue weighted by Crippen LogP contribution is -2.47. The number of halogens is 1. The normalized spacial score (nSPS) is 17.9. The topological polar surface area (TPSA) is 87.8 Å². The van der Waals surface area contributed by atoms with Crippen LogP contribution in [0.1, 0.15) is 12.8 Å². The molecule has 2 aromatic rings. The van der Waals surface area contributed by atoms with E-state index in [1.807, 2.05) is 11.0 Å². The molecule has 2 saturated heterocycles. The highest BCUT2D eigenvalue weighted by molar-refractivity contribution is 5.77. The number of aromatic nitrogens is 2. The van der Waals surface area contributed by atoms with Gasteiger partial charge in [-0.3, -0.25) is 4.79 Å². The molecule has 0 unspecified atom stereocenters. The second-order valence-electron chi connectivity index (χ2n) is 7.64. The summed E-state index contributed by atoms with van der Waals surface area (Å²) in [6.07, 6.45) is 2.97. The molecular formula is C21H27FN6O2. The second-order valence-corrected chi connectivity index (χ2v) is 7.64. The van der Waals surface area contributed by atoms with Crippen LogP contribution in [-0.2, 0) is 9.53 Å². The number of hydrogen-bond acceptors (Lipinski definition) is 8. The molecule has 2 aliphatic heterocycles. The third-order valence-corrected chi connectivity index (χ3v) is 5.94. The quantitative estimate of drug-likeness (QED) is 0.760. The smallest absolute Gasteiger partial charge is 0.308 e. The molecule has 1 aromatic carbocycles. The van der Waals surface area contributed by atoms with Crippen LogP contribution < -0.4 is 20.4 Å². The van der Waals surface area contributed by atoms with Gasteiger partial charge < -0.3 is 25.2 Å². The Bertz CT molecular complexity index is 895. The summed E-state index contributed by atoms with van der Waals surface area (Å²) in [5, 5.41) is 0. The fourth-order valence-corrected chi connectivity index (χ4v) is 4.24. The van der Waals surface area contributed by atoms with Crippen LogP contribution in [0.15, 0.2) is 30.6 Å². The highest BCUT2D eigenvalue weighted by atomic mass is 19.1. The molecule has 0 atom stereocenters. The van der Waals surface area contributed by atoms with Gasteiger partial charge in [0.15, 0.2) is 11.6 Å². The van der Waals surface area contributed by atoms with Crippen LogP contribution in [0.25, 0.3) is 0 Å². The summed E-state index contributed by atoms with van der Waals surface area (Å²) in [5.41, 5.74) is 7.64. The lowest BCUT2D eigenvalue weighted by Gasteiger charge is -2.38. The Morgan fingerprint density at radius 1 is 1.00 bits per heavy atom. The van der Waals surface area contributed by atoms with Gasteiger partial charge in [-0.25, -0.2) is 14.4 Å². The third-order valence-electron chi connectivity index (χ3n) is 5.94. The van der Waals surface area contributed by atoms with Gasteiger partial charge in [-0.05, 0) is 25.0 Å². The van der Waals surface area contributed by atoms with Crippen molar-refractivity contribution in [2.24, 2.45) is 5.92 Å². The molecule has 9 heteroatoms. The van der Waals surface area contributed by atoms with Crippen LogP contribution >= 0.6 is 0 Å². The number of carbonyl (C=O) groups is 1. The van der Waals surface area contributed by atoms with E-state index >= 15 is 0 Å². The largest absolute Gasteiger partial charge is 0.469 e. The number of hydrogen-bond donors (Lipinski definition) is 1. The minimum atomic E-state index is -0.204. The van der Waals surface area contributed by atoms with Gasteiger partial charge in [0.2, 0.25) is 0 Å². The van der Waals surface area contributed by atoms with Gasteiger partial charge in [-0.1, -0.05) is 12.1 Å². The van der Waals surface area contributed by atoms with E-state index in [0.29, 0.717) is 75.1 Å². The van der Waals surface area contributed by atoms with Crippen molar-refractivity contribution in [2.45, 2.75) is 12.8 Å². The van der Waals surface area contributed by atoms with Crippen LogP contribution in [0.5, 0.6) is 0 Å². The molecule has 0 saturated carbocycles. The number of nitrogens with two attached hydrogens (primary N) is 1. The van der Waals surface area contributed by atoms with E-state index in [4.69, 9.17) is 10.5 Å². The number of carbonyl (C=O) groups excluding carboxylic acids is 1. The Morgan fingerprint density at radius 3 is 2.17 bits per heavy atom. The molecule has 2 N–H and O–H groups in total. The van der Waals surface area contributed by atoms with Crippen LogP contribution in [0, 0.1) is 11.7 Å². The molecule has 30 heavy (non-hydrogen) atoms. The molecule has 1 aromatic heterocycles. The average Bonchev–Trinajstić information content (AvgIpc) is 2.79. The number of para-hydroxylation sites is 1. The zero-order chi connectivity index (χ0) is 21.1. The van der Waals surface area contributed by atoms with E-state index in [1.54, 1.807) is 12.1 Å². The van der Waals surface area contributed by atoms with Crippen molar-refractivity contribution in [3.63, 3.8) is 0 Å². The highest BCUT2D eigenvalue weighted by Crippen LogP contribution is 2.32. The van der Waals surface area contributed by atoms with Crippen molar-refractivity contribution in [1.29, 1.82) is 0 Å². The zero-order valence-electron chi connectivity index (χ0n) is 17.1. The minimum Gasteiger partial charge on any atom is -0.469 e. The predicted molar refractivity (Wildman–Crippen MR) is 114 cm³/mol. The fourth-order valence-electron chi connectivity index (χ4n) is 4.24. The molecule has 8 nitrogen and oxygen atoms in total. The number of rotatable bonds is 4. The molecule has 160 valence electrons. The van der Waals surface area contributed by atoms with Crippen LogP contribution in [0.2, 0.25) is 0 Å². The molecule has 0 aliphatic carbocycles. The maximum atomic E-state index is 14.1. The maximum Gasteiger partial charge on any atom is 0.308 e. The van der Waals surface area contributed by atoms with Crippen molar-refractivity contribution in [2.75, 3.05) is 66.8 Å². The Morgan fingerprint density at radius 2 is 1.57 bits per heavy atom. The van der Waals surface area contributed by atoms with Crippen molar-refractivity contribution in [3.8, 4) is 0 Å². The summed E-state index contributed by atoms with van der Waals surface area (Å²) in [6, 6.07) is 6.84. The number of piperidine rings is 1. The third kappa shape index (κ3) is 3.96. The molecule has 2 fully saturated rings. The summed E-state index contributed by atoms with van der Waals surface area (Å²) >= 11 is 0. The number of piperazine rings is 1. The van der Waals surface area contributed by atoms with Gasteiger partial charge in [-0.15, -0.1) is 0 Å². The number of ether oxygens (including phenoxy) is 1. The molecule has 0 bridgehead atoms. The van der Waals surface area contributed by atoms with E-state index in [-0.39, 0.29) is 17.7 Å². The summed E-state index contributed by atoms with van der Waals surface area (Å²) in [7, 11) is 1.43. The van der Waals surface area contributed by atoms with Gasteiger partial charge in [-0.2, -0.15) is 0 Å². The lowest BCUT2D eigenvalue weighted by atomic mass is 9.97. The first-order valence-corrected chi connectivity index (χ1v) is 10.3. The van der Waals surface area contributed by atoms with E-state index in [0.717, 1.165) is 0 Å². The Hall–Kier alpha value is -3.10. The van der Waals surface area contributed by atoms with Gasteiger partial charge in [0.05, 0.1) is 18.7 Å². The van der Waals surface area contributed by atoms with E-state index < -0.39 is 0 Å². The van der Waals surface area contributed by atoms with Crippen molar-refractivity contribution < 1.29 is 13.9 Å². The van der Waals surface area contributed by atoms with Crippen LogP contribution in [-0.4, -0.2) is 62.3 Å². The summed E-state index contributed by atoms with van der Waals surface area (Å²) in [4.78, 5) is 26.9. The van der Waals surface area contributed by atoms with Gasteiger partial charge in [0.1, 0.15) is 17.8 Å². The Balaban J connectivity index is 1.43. The van der Waals surface area contributed by atoms with Crippen molar-refractivity contribution in [1.82, 2.24) is 9.97 Å². The summed E-state index contributed by atoms with van der Waals surface area (Å²) < 4.78 is 18.9. The van der Waals surface area contributed by atoms with Crippen LogP contribution in [0.4, 0.5) is 27.4 Å². The van der Waals surface area contributed by atoms with Gasteiger partial charge >= 0.3 is 5.97 Å². The SMILES string of the molecule is COC(=O)C1CCN(c2ncnc(N3CCN(c4ccccc4F)CC3)c2N)CC1. The molecule has 2 aliphatic rings. The number of methoxy groups -OCH3 is 1. The van der Waals surface area contributed by atoms with Gasteiger partial charge in [0.25, 0.3) is 0 Å². The highest BCUT2D eigenvalue weighted by Gasteiger charge is 2.29. The standard InChI is InChI=1S/C21H27FN6O2/c1-30-21(29)15-6-8-27(9-7-15)19-18(23)20(25-14-24-19)28-12-10-26(11-13-28)17-5-3-2-4-16(17)22/h2-5,14-15H,6-13,23H2,1H3. The second kappa shape index (κ2) is 8.73. The minimum absolute atomic E-state index is 0.0692. The number of anilines is 4. The van der Waals surface area contributed by atoms with E-state index in [9.17, 15) is 9.18 Å². The number of nitrogen functional groups attached to an aromatic ring is 1. The van der Waals surface area contributed by atoms with Gasteiger partial charge in [0, 0.05) is 39.3 Å². The monoisotopic (exact) mass is 414 g/mol. The fraction of sp³-hybridized carbons (Fsp3) is 0.476. The Labute approximate surface area is 175 Å². The first-order valence-electron chi connectivity index (χ1n) is 10.3. The summed E-state index contributed by atoms with van der Waals surface area (Å²) in [6.45, 7) is 4.15. The van der Waals surface area contributed by atoms with E-state index in [1.165, 1.54) is 19.5 Å². The first kappa shape index (κ1) is 20.2. The molecule has 4 rings (SSSR count). The maximum absolute atomic E-state index is 14.1. The Kier molecular flexibility index (Phi) is 5.87. The lowest BCUT2D eigenvalue weighted by molar-refractivity contribution is -0.146.